The Morgan fingerprint density at radius 2 is 2.04 bits per heavy atom. The highest BCUT2D eigenvalue weighted by Gasteiger charge is 2.17. The van der Waals surface area contributed by atoms with Gasteiger partial charge in [0.05, 0.1) is 28.7 Å². The number of benzene rings is 1. The molecule has 0 radical (unpaired) electrons. The number of halogens is 2. The molecule has 8 heteroatoms. The number of thioether (sulfide) groups is 1. The van der Waals surface area contributed by atoms with Gasteiger partial charge in [-0.05, 0) is 36.8 Å². The maximum absolute atomic E-state index is 12.5. The van der Waals surface area contributed by atoms with E-state index in [1.165, 1.54) is 11.8 Å². The molecule has 1 N–H and O–H groups in total. The van der Waals surface area contributed by atoms with Crippen molar-refractivity contribution in [2.45, 2.75) is 19.1 Å². The largest absolute Gasteiger partial charge is 0.333 e. The summed E-state index contributed by atoms with van der Waals surface area (Å²) in [4.78, 5) is 30.6. The molecule has 5 nitrogen and oxygen atoms in total. The van der Waals surface area contributed by atoms with E-state index >= 15 is 0 Å². The molecule has 0 atom stereocenters. The first-order chi connectivity index (χ1) is 13.0. The maximum Gasteiger partial charge on any atom is 0.244 e. The van der Waals surface area contributed by atoms with Crippen molar-refractivity contribution in [2.75, 3.05) is 24.2 Å². The number of amides is 2. The number of hydrogen-bond acceptors (Lipinski definition) is 4. The molecule has 1 aromatic heterocycles. The molecule has 0 fully saturated rings. The summed E-state index contributed by atoms with van der Waals surface area (Å²) in [5, 5.41) is 3.58. The zero-order valence-corrected chi connectivity index (χ0v) is 17.3. The lowest BCUT2D eigenvalue weighted by Crippen LogP contribution is -2.39. The Morgan fingerprint density at radius 3 is 2.74 bits per heavy atom. The highest BCUT2D eigenvalue weighted by Crippen LogP contribution is 2.25. The van der Waals surface area contributed by atoms with Gasteiger partial charge in [0, 0.05) is 23.5 Å². The Hall–Kier alpha value is -1.76. The van der Waals surface area contributed by atoms with Crippen LogP contribution in [-0.2, 0) is 15.3 Å². The summed E-state index contributed by atoms with van der Waals surface area (Å²) in [5.41, 5.74) is 1.35. The summed E-state index contributed by atoms with van der Waals surface area (Å²) in [6, 6.07) is 10.5. The van der Waals surface area contributed by atoms with Gasteiger partial charge in [-0.2, -0.15) is 0 Å². The normalized spacial score (nSPS) is 10.5. The maximum atomic E-state index is 12.5. The number of rotatable bonds is 9. The molecule has 2 amide bonds. The van der Waals surface area contributed by atoms with Gasteiger partial charge in [-0.3, -0.25) is 14.6 Å². The van der Waals surface area contributed by atoms with Gasteiger partial charge in [0.15, 0.2) is 0 Å². The average Bonchev–Trinajstić information content (AvgIpc) is 2.65. The SMILES string of the molecule is CCCN(CC(=O)Nc1cc(Cl)ccc1Cl)C(=O)CSCc1ccccn1. The number of aromatic nitrogens is 1. The Balaban J connectivity index is 1.88. The number of anilines is 1. The van der Waals surface area contributed by atoms with Crippen molar-refractivity contribution < 1.29 is 9.59 Å². The van der Waals surface area contributed by atoms with Gasteiger partial charge >= 0.3 is 0 Å². The first-order valence-electron chi connectivity index (χ1n) is 8.50. The summed E-state index contributed by atoms with van der Waals surface area (Å²) < 4.78 is 0. The molecular weight excluding hydrogens is 405 g/mol. The van der Waals surface area contributed by atoms with Crippen LogP contribution in [0.15, 0.2) is 42.6 Å². The second-order valence-corrected chi connectivity index (χ2v) is 7.63. The van der Waals surface area contributed by atoms with Crippen molar-refractivity contribution >= 4 is 52.5 Å². The quantitative estimate of drug-likeness (QED) is 0.642. The topological polar surface area (TPSA) is 62.3 Å². The lowest BCUT2D eigenvalue weighted by molar-refractivity contribution is -0.132. The van der Waals surface area contributed by atoms with Crippen molar-refractivity contribution in [3.63, 3.8) is 0 Å². The molecule has 2 rings (SSSR count). The molecule has 0 saturated carbocycles. The van der Waals surface area contributed by atoms with Crippen LogP contribution in [0.1, 0.15) is 19.0 Å². The lowest BCUT2D eigenvalue weighted by atomic mass is 10.3. The minimum atomic E-state index is -0.310. The van der Waals surface area contributed by atoms with E-state index in [4.69, 9.17) is 23.2 Å². The summed E-state index contributed by atoms with van der Waals surface area (Å²) in [6.45, 7) is 2.45. The van der Waals surface area contributed by atoms with E-state index in [0.29, 0.717) is 33.8 Å². The highest BCUT2D eigenvalue weighted by molar-refractivity contribution is 7.99. The Labute approximate surface area is 173 Å². The molecule has 0 unspecified atom stereocenters. The zero-order chi connectivity index (χ0) is 19.6. The summed E-state index contributed by atoms with van der Waals surface area (Å²) in [5.74, 6) is 0.555. The van der Waals surface area contributed by atoms with Gasteiger partial charge < -0.3 is 10.2 Å². The van der Waals surface area contributed by atoms with E-state index in [-0.39, 0.29) is 18.4 Å². The first-order valence-corrected chi connectivity index (χ1v) is 10.4. The predicted molar refractivity (Wildman–Crippen MR) is 112 cm³/mol. The number of pyridine rings is 1. The van der Waals surface area contributed by atoms with Crippen LogP contribution >= 0.6 is 35.0 Å². The number of carbonyl (C=O) groups is 2. The lowest BCUT2D eigenvalue weighted by Gasteiger charge is -2.21. The van der Waals surface area contributed by atoms with Gasteiger partial charge in [0.2, 0.25) is 11.8 Å². The first kappa shape index (κ1) is 21.5. The molecule has 144 valence electrons. The number of carbonyl (C=O) groups excluding carboxylic acids is 2. The van der Waals surface area contributed by atoms with Gasteiger partial charge in [-0.15, -0.1) is 11.8 Å². The molecule has 0 aliphatic heterocycles. The number of nitrogens with zero attached hydrogens (tertiary/aromatic N) is 2. The molecule has 1 aromatic carbocycles. The Morgan fingerprint density at radius 1 is 1.22 bits per heavy atom. The summed E-state index contributed by atoms with van der Waals surface area (Å²) >= 11 is 13.5. The predicted octanol–water partition coefficient (Wildman–Crippen LogP) is 4.50. The second-order valence-electron chi connectivity index (χ2n) is 5.80. The van der Waals surface area contributed by atoms with Crippen LogP contribution in [0.5, 0.6) is 0 Å². The third-order valence-corrected chi connectivity index (χ3v) is 5.10. The molecule has 0 aliphatic carbocycles. The van der Waals surface area contributed by atoms with Crippen LogP contribution in [-0.4, -0.2) is 40.5 Å². The van der Waals surface area contributed by atoms with E-state index in [1.807, 2.05) is 25.1 Å². The monoisotopic (exact) mass is 425 g/mol. The Kier molecular flexibility index (Phi) is 8.91. The molecule has 0 spiro atoms. The molecule has 2 aromatic rings. The molecular formula is C19H21Cl2N3O2S. The fourth-order valence-electron chi connectivity index (χ4n) is 2.34. The molecule has 0 aliphatic rings. The van der Waals surface area contributed by atoms with Crippen LogP contribution in [0.25, 0.3) is 0 Å². The number of hydrogen-bond donors (Lipinski definition) is 1. The molecule has 0 bridgehead atoms. The standard InChI is InChI=1S/C19H21Cl2N3O2S/c1-2-9-24(19(26)13-27-12-15-5-3-4-8-22-15)11-18(25)23-17-10-14(20)6-7-16(17)21/h3-8,10H,2,9,11-13H2,1H3,(H,23,25). The highest BCUT2D eigenvalue weighted by atomic mass is 35.5. The van der Waals surface area contributed by atoms with Gasteiger partial charge in [0.25, 0.3) is 0 Å². The average molecular weight is 426 g/mol. The van der Waals surface area contributed by atoms with E-state index < -0.39 is 0 Å². The van der Waals surface area contributed by atoms with Crippen LogP contribution in [0.4, 0.5) is 5.69 Å². The summed E-state index contributed by atoms with van der Waals surface area (Å²) in [6.07, 6.45) is 2.49. The van der Waals surface area contributed by atoms with Crippen molar-refractivity contribution in [3.8, 4) is 0 Å². The minimum absolute atomic E-state index is 0.0281. The van der Waals surface area contributed by atoms with E-state index in [2.05, 4.69) is 10.3 Å². The van der Waals surface area contributed by atoms with Crippen molar-refractivity contribution in [1.82, 2.24) is 9.88 Å². The molecule has 0 saturated heterocycles. The Bertz CT molecular complexity index is 775. The fourth-order valence-corrected chi connectivity index (χ4v) is 3.51. The fraction of sp³-hybridized carbons (Fsp3) is 0.316. The van der Waals surface area contributed by atoms with Gasteiger partial charge in [-0.1, -0.05) is 36.2 Å². The summed E-state index contributed by atoms with van der Waals surface area (Å²) in [7, 11) is 0. The van der Waals surface area contributed by atoms with Crippen LogP contribution in [0.2, 0.25) is 10.0 Å². The van der Waals surface area contributed by atoms with Gasteiger partial charge in [-0.25, -0.2) is 0 Å². The second kappa shape index (κ2) is 11.2. The van der Waals surface area contributed by atoms with E-state index in [9.17, 15) is 9.59 Å². The number of nitrogens with one attached hydrogen (secondary N) is 1. The smallest absolute Gasteiger partial charge is 0.244 e. The van der Waals surface area contributed by atoms with Gasteiger partial charge in [0.1, 0.15) is 0 Å². The van der Waals surface area contributed by atoms with Crippen LogP contribution in [0.3, 0.4) is 0 Å². The van der Waals surface area contributed by atoms with E-state index in [1.54, 1.807) is 29.3 Å². The van der Waals surface area contributed by atoms with Crippen molar-refractivity contribution in [3.05, 3.63) is 58.3 Å². The van der Waals surface area contributed by atoms with Crippen LogP contribution < -0.4 is 5.32 Å². The molecule has 27 heavy (non-hydrogen) atoms. The third-order valence-electron chi connectivity index (χ3n) is 3.58. The minimum Gasteiger partial charge on any atom is -0.333 e. The third kappa shape index (κ3) is 7.40. The molecule has 1 heterocycles. The van der Waals surface area contributed by atoms with E-state index in [0.717, 1.165) is 12.1 Å². The van der Waals surface area contributed by atoms with Crippen LogP contribution in [0, 0.1) is 0 Å². The zero-order valence-electron chi connectivity index (χ0n) is 15.0. The van der Waals surface area contributed by atoms with Crippen molar-refractivity contribution in [2.24, 2.45) is 0 Å². The van der Waals surface area contributed by atoms with Crippen molar-refractivity contribution in [1.29, 1.82) is 0 Å².